The first kappa shape index (κ1) is 27.5. The van der Waals surface area contributed by atoms with Gasteiger partial charge in [0, 0.05) is 11.8 Å². The molecule has 4 N–H and O–H groups in total. The molecule has 35 heavy (non-hydrogen) atoms. The number of aliphatic hydroxyl groups excluding tert-OH is 1. The van der Waals surface area contributed by atoms with Gasteiger partial charge in [-0.1, -0.05) is 47.5 Å². The number of fused-ring (bicyclic) bond motifs is 5. The van der Waals surface area contributed by atoms with Gasteiger partial charge in [-0.15, -0.1) is 0 Å². The van der Waals surface area contributed by atoms with Crippen molar-refractivity contribution in [3.8, 4) is 0 Å². The zero-order valence-corrected chi connectivity index (χ0v) is 22.5. The number of hydrogen-bond donors (Lipinski definition) is 4. The minimum Gasteiger partial charge on any atom is -0.384 e. The highest BCUT2D eigenvalue weighted by Crippen LogP contribution is 2.69. The average Bonchev–Trinajstić information content (AvgIpc) is 3.12. The maximum absolute atomic E-state index is 16.2. The number of rotatable bonds is 7. The summed E-state index contributed by atoms with van der Waals surface area (Å²) in [5.41, 5.74) is -2.01. The van der Waals surface area contributed by atoms with Crippen LogP contribution in [-0.4, -0.2) is 44.0 Å². The molecule has 4 rings (SSSR count). The van der Waals surface area contributed by atoms with Crippen LogP contribution in [0.25, 0.3) is 0 Å². The molecule has 0 radical (unpaired) electrons. The molecular weight excluding hydrogens is 447 g/mol. The Bertz CT molecular complexity index is 794. The third-order valence-electron chi connectivity index (χ3n) is 11.9. The largest absolute Gasteiger partial charge is 0.384 e. The molecule has 4 aliphatic rings. The van der Waals surface area contributed by atoms with Crippen LogP contribution in [0, 0.1) is 52.3 Å². The van der Waals surface area contributed by atoms with Crippen molar-refractivity contribution in [1.82, 2.24) is 0 Å². The lowest BCUT2D eigenvalue weighted by Crippen LogP contribution is -2.63. The molecule has 0 saturated heterocycles. The molecule has 0 aromatic carbocycles. The van der Waals surface area contributed by atoms with Crippen molar-refractivity contribution >= 4 is 5.78 Å². The van der Waals surface area contributed by atoms with Gasteiger partial charge in [0.2, 0.25) is 0 Å². The SMILES string of the molecule is CC(C)[C@@H](CC[C@@H](C)[C@H]1CC[C@H]2[C@@H]3CC(=O)[C@@]4(F)CCCC[C@]4(C)[C@H]3CC[C@]12C)C(O)C(O)(O)O. The van der Waals surface area contributed by atoms with E-state index in [0.29, 0.717) is 42.9 Å². The molecule has 0 heterocycles. The quantitative estimate of drug-likeness (QED) is 0.373. The van der Waals surface area contributed by atoms with Gasteiger partial charge >= 0.3 is 5.97 Å². The smallest absolute Gasteiger partial charge is 0.303 e. The highest BCUT2D eigenvalue weighted by Gasteiger charge is 2.67. The number of hydrogen-bond acceptors (Lipinski definition) is 5. The molecule has 0 amide bonds. The molecule has 0 aromatic rings. The van der Waals surface area contributed by atoms with Crippen LogP contribution >= 0.6 is 0 Å². The fraction of sp³-hybridized carbons (Fsp3) is 0.966. The van der Waals surface area contributed by atoms with Gasteiger partial charge in [0.25, 0.3) is 0 Å². The third kappa shape index (κ3) is 4.32. The zero-order valence-electron chi connectivity index (χ0n) is 22.5. The Morgan fingerprint density at radius 2 is 1.63 bits per heavy atom. The predicted octanol–water partition coefficient (Wildman–Crippen LogP) is 4.99. The lowest BCUT2D eigenvalue weighted by atomic mass is 9.43. The summed E-state index contributed by atoms with van der Waals surface area (Å²) < 4.78 is 16.2. The minimum atomic E-state index is -3.09. The topological polar surface area (TPSA) is 98.0 Å². The first-order chi connectivity index (χ1) is 16.2. The van der Waals surface area contributed by atoms with E-state index in [1.165, 1.54) is 0 Å². The number of carbonyl (C=O) groups excluding carboxylic acids is 1. The summed E-state index contributed by atoms with van der Waals surface area (Å²) in [5.74, 6) is -1.73. The monoisotopic (exact) mass is 496 g/mol. The summed E-state index contributed by atoms with van der Waals surface area (Å²) in [4.78, 5) is 13.2. The second-order valence-corrected chi connectivity index (χ2v) is 13.8. The fourth-order valence-electron chi connectivity index (χ4n) is 9.80. The van der Waals surface area contributed by atoms with E-state index in [0.717, 1.165) is 51.4 Å². The van der Waals surface area contributed by atoms with Crippen molar-refractivity contribution in [1.29, 1.82) is 0 Å². The van der Waals surface area contributed by atoms with Crippen LogP contribution in [0.2, 0.25) is 0 Å². The summed E-state index contributed by atoms with van der Waals surface area (Å²) in [6.07, 6.45) is 7.62. The lowest BCUT2D eigenvalue weighted by molar-refractivity contribution is -0.365. The number of halogens is 1. The minimum absolute atomic E-state index is 0.00386. The normalized spacial score (nSPS) is 44.4. The lowest BCUT2D eigenvalue weighted by Gasteiger charge is -2.61. The van der Waals surface area contributed by atoms with Crippen molar-refractivity contribution < 1.29 is 29.6 Å². The maximum Gasteiger partial charge on any atom is 0.303 e. The zero-order chi connectivity index (χ0) is 26.0. The third-order valence-corrected chi connectivity index (χ3v) is 11.9. The number of ketones is 1. The second-order valence-electron chi connectivity index (χ2n) is 13.8. The molecule has 0 aromatic heterocycles. The standard InChI is InChI=1S/C29H49FO5/c1-17(2)19(25(32)29(33,34)35)9-8-18(3)21-10-11-22-20-16-24(31)28(30)14-7-6-13-27(28,5)23(20)12-15-26(21,22)4/h17-23,25,32-35H,6-16H2,1-5H3/t18-,19-,20+,21-,22+,23+,25?,26-,27-,28+/m1/s1. The molecule has 5 nitrogen and oxygen atoms in total. The fourth-order valence-corrected chi connectivity index (χ4v) is 9.80. The number of carbonyl (C=O) groups is 1. The van der Waals surface area contributed by atoms with Gasteiger partial charge in [-0.05, 0) is 98.2 Å². The molecule has 6 heteroatoms. The maximum atomic E-state index is 16.2. The molecule has 202 valence electrons. The van der Waals surface area contributed by atoms with Crippen molar-refractivity contribution in [2.24, 2.45) is 52.3 Å². The van der Waals surface area contributed by atoms with Crippen LogP contribution in [0.3, 0.4) is 0 Å². The molecule has 0 spiro atoms. The Morgan fingerprint density at radius 1 is 0.971 bits per heavy atom. The van der Waals surface area contributed by atoms with Gasteiger partial charge in [0.1, 0.15) is 6.10 Å². The first-order valence-electron chi connectivity index (χ1n) is 14.2. The van der Waals surface area contributed by atoms with Crippen LogP contribution in [0.5, 0.6) is 0 Å². The van der Waals surface area contributed by atoms with Gasteiger partial charge < -0.3 is 20.4 Å². The Kier molecular flexibility index (Phi) is 7.32. The van der Waals surface area contributed by atoms with Crippen LogP contribution in [0.15, 0.2) is 0 Å². The summed E-state index contributed by atoms with van der Waals surface area (Å²) in [6.45, 7) is 10.6. The van der Waals surface area contributed by atoms with Crippen molar-refractivity contribution in [3.63, 3.8) is 0 Å². The first-order valence-corrected chi connectivity index (χ1v) is 14.2. The van der Waals surface area contributed by atoms with E-state index in [4.69, 9.17) is 0 Å². The summed E-state index contributed by atoms with van der Waals surface area (Å²) in [7, 11) is 0. The summed E-state index contributed by atoms with van der Waals surface area (Å²) in [5, 5.41) is 38.9. The van der Waals surface area contributed by atoms with E-state index in [9.17, 15) is 25.2 Å². The Balaban J connectivity index is 1.49. The van der Waals surface area contributed by atoms with E-state index in [2.05, 4.69) is 20.8 Å². The molecule has 0 bridgehead atoms. The Hall–Kier alpha value is -0.560. The number of alkyl halides is 1. The molecule has 4 fully saturated rings. The number of Topliss-reactive ketones (excluding diaryl/α,β-unsaturated/α-hetero) is 1. The van der Waals surface area contributed by atoms with E-state index < -0.39 is 29.1 Å². The van der Waals surface area contributed by atoms with E-state index in [1.807, 2.05) is 13.8 Å². The van der Waals surface area contributed by atoms with Crippen LogP contribution in [-0.2, 0) is 4.79 Å². The van der Waals surface area contributed by atoms with E-state index >= 15 is 4.39 Å². The van der Waals surface area contributed by atoms with Gasteiger partial charge in [-0.25, -0.2) is 4.39 Å². The molecule has 10 atom stereocenters. The predicted molar refractivity (Wildman–Crippen MR) is 133 cm³/mol. The Morgan fingerprint density at radius 3 is 2.26 bits per heavy atom. The highest BCUT2D eigenvalue weighted by molar-refractivity contribution is 5.89. The van der Waals surface area contributed by atoms with E-state index in [1.54, 1.807) is 0 Å². The summed E-state index contributed by atoms with van der Waals surface area (Å²) >= 11 is 0. The van der Waals surface area contributed by atoms with Crippen LogP contribution in [0.4, 0.5) is 4.39 Å². The number of aliphatic hydroxyl groups is 4. The molecule has 4 saturated carbocycles. The summed E-state index contributed by atoms with van der Waals surface area (Å²) in [6, 6.07) is 0. The van der Waals surface area contributed by atoms with Gasteiger partial charge in [0.05, 0.1) is 0 Å². The second kappa shape index (κ2) is 9.32. The van der Waals surface area contributed by atoms with Gasteiger partial charge in [0.15, 0.2) is 11.5 Å². The van der Waals surface area contributed by atoms with Crippen molar-refractivity contribution in [2.45, 2.75) is 123 Å². The molecule has 0 aliphatic heterocycles. The Labute approximate surface area is 210 Å². The van der Waals surface area contributed by atoms with E-state index in [-0.39, 0.29) is 23.0 Å². The van der Waals surface area contributed by atoms with Gasteiger partial charge in [-0.3, -0.25) is 4.79 Å². The molecule has 1 unspecified atom stereocenters. The van der Waals surface area contributed by atoms with Gasteiger partial charge in [-0.2, -0.15) is 0 Å². The molecular formula is C29H49FO5. The average molecular weight is 497 g/mol. The van der Waals surface area contributed by atoms with Crippen molar-refractivity contribution in [3.05, 3.63) is 0 Å². The highest BCUT2D eigenvalue weighted by atomic mass is 19.1. The van der Waals surface area contributed by atoms with Crippen LogP contribution < -0.4 is 0 Å². The van der Waals surface area contributed by atoms with Crippen LogP contribution in [0.1, 0.15) is 105 Å². The van der Waals surface area contributed by atoms with Crippen molar-refractivity contribution in [2.75, 3.05) is 0 Å². The molecule has 4 aliphatic carbocycles.